The van der Waals surface area contributed by atoms with Crippen LogP contribution in [-0.2, 0) is 9.59 Å². The molecule has 3 heterocycles. The number of amides is 2. The molecule has 150 valence electrons. The molecule has 4 nitrogen and oxygen atoms in total. The quantitative estimate of drug-likeness (QED) is 0.678. The monoisotopic (exact) mass is 372 g/mol. The molecule has 0 aromatic carbocycles. The first-order valence-corrected chi connectivity index (χ1v) is 11.8. The SMILES string of the molecule is O=C([C@@H]1C2CCC(CC2)N1C(=O)CCCC(C1CC1)C1CC1)N1CCCC1. The van der Waals surface area contributed by atoms with Crippen LogP contribution in [0.1, 0.15) is 83.5 Å². The van der Waals surface area contributed by atoms with Crippen LogP contribution in [0.15, 0.2) is 0 Å². The van der Waals surface area contributed by atoms with Gasteiger partial charge in [0.1, 0.15) is 6.04 Å². The van der Waals surface area contributed by atoms with Crippen molar-refractivity contribution in [2.24, 2.45) is 23.7 Å². The summed E-state index contributed by atoms with van der Waals surface area (Å²) in [6, 6.07) is 0.201. The number of fused-ring (bicyclic) bond motifs is 3. The fourth-order valence-electron chi connectivity index (χ4n) is 6.48. The Morgan fingerprint density at radius 3 is 2.07 bits per heavy atom. The number of likely N-dealkylation sites (tertiary alicyclic amines) is 1. The van der Waals surface area contributed by atoms with Crippen LogP contribution < -0.4 is 0 Å². The predicted octanol–water partition coefficient (Wildman–Crippen LogP) is 3.98. The summed E-state index contributed by atoms with van der Waals surface area (Å²) in [6.45, 7) is 1.80. The number of carbonyl (C=O) groups excluding carboxylic acids is 2. The second-order valence-electron chi connectivity index (χ2n) is 10.1. The zero-order valence-electron chi connectivity index (χ0n) is 16.8. The normalized spacial score (nSPS) is 33.1. The lowest BCUT2D eigenvalue weighted by molar-refractivity contribution is -0.158. The lowest BCUT2D eigenvalue weighted by Crippen LogP contribution is -2.62. The van der Waals surface area contributed by atoms with Gasteiger partial charge in [-0.05, 0) is 101 Å². The van der Waals surface area contributed by atoms with Crippen molar-refractivity contribution in [2.75, 3.05) is 13.1 Å². The van der Waals surface area contributed by atoms with Gasteiger partial charge in [-0.3, -0.25) is 9.59 Å². The van der Waals surface area contributed by atoms with Crippen molar-refractivity contribution in [1.82, 2.24) is 9.80 Å². The van der Waals surface area contributed by atoms with Crippen LogP contribution in [0.4, 0.5) is 0 Å². The van der Waals surface area contributed by atoms with Crippen molar-refractivity contribution in [1.29, 1.82) is 0 Å². The molecule has 0 unspecified atom stereocenters. The highest BCUT2D eigenvalue weighted by Gasteiger charge is 2.48. The molecule has 3 saturated heterocycles. The highest BCUT2D eigenvalue weighted by atomic mass is 16.2. The minimum absolute atomic E-state index is 0.134. The smallest absolute Gasteiger partial charge is 0.245 e. The van der Waals surface area contributed by atoms with E-state index < -0.39 is 0 Å². The molecule has 0 N–H and O–H groups in total. The van der Waals surface area contributed by atoms with Crippen molar-refractivity contribution in [3.05, 3.63) is 0 Å². The summed E-state index contributed by atoms with van der Waals surface area (Å²) in [5, 5.41) is 0. The Hall–Kier alpha value is -1.06. The number of hydrogen-bond acceptors (Lipinski definition) is 2. The van der Waals surface area contributed by atoms with Crippen LogP contribution in [0.3, 0.4) is 0 Å². The van der Waals surface area contributed by atoms with Gasteiger partial charge in [-0.25, -0.2) is 0 Å². The van der Waals surface area contributed by atoms with Gasteiger partial charge in [0.15, 0.2) is 0 Å². The Balaban J connectivity index is 1.22. The molecule has 6 rings (SSSR count). The fourth-order valence-corrected chi connectivity index (χ4v) is 6.48. The van der Waals surface area contributed by atoms with E-state index in [1.165, 1.54) is 32.1 Å². The third kappa shape index (κ3) is 3.65. The molecule has 27 heavy (non-hydrogen) atoms. The van der Waals surface area contributed by atoms with Gasteiger partial charge < -0.3 is 9.80 Å². The minimum Gasteiger partial charge on any atom is -0.341 e. The summed E-state index contributed by atoms with van der Waals surface area (Å²) >= 11 is 0. The first-order chi connectivity index (χ1) is 13.2. The van der Waals surface area contributed by atoms with Crippen LogP contribution in [0.5, 0.6) is 0 Å². The molecule has 0 aromatic heterocycles. The molecule has 1 atom stereocenters. The number of carbonyl (C=O) groups is 2. The zero-order chi connectivity index (χ0) is 18.4. The largest absolute Gasteiger partial charge is 0.341 e. The standard InChI is InChI=1S/C23H36N2O2/c26-21(5-3-4-20(16-6-7-16)17-8-9-17)25-19-12-10-18(11-13-19)22(25)23(27)24-14-1-2-15-24/h16-20,22H,1-15H2/t18?,19?,22-/m0/s1. The van der Waals surface area contributed by atoms with Crippen molar-refractivity contribution < 1.29 is 9.59 Å². The molecule has 3 aliphatic heterocycles. The Labute approximate surface area is 164 Å². The van der Waals surface area contributed by atoms with Crippen molar-refractivity contribution in [3.8, 4) is 0 Å². The Morgan fingerprint density at radius 2 is 1.48 bits per heavy atom. The predicted molar refractivity (Wildman–Crippen MR) is 105 cm³/mol. The lowest BCUT2D eigenvalue weighted by atomic mass is 9.74. The average Bonchev–Trinajstić information content (AvgIpc) is 3.64. The second-order valence-corrected chi connectivity index (χ2v) is 10.1. The van der Waals surface area contributed by atoms with Gasteiger partial charge in [-0.1, -0.05) is 0 Å². The van der Waals surface area contributed by atoms with Crippen LogP contribution in [0, 0.1) is 23.7 Å². The summed E-state index contributed by atoms with van der Waals surface area (Å²) in [4.78, 5) is 30.6. The van der Waals surface area contributed by atoms with Gasteiger partial charge in [0.05, 0.1) is 0 Å². The zero-order valence-corrected chi connectivity index (χ0v) is 16.8. The maximum Gasteiger partial charge on any atom is 0.245 e. The lowest BCUT2D eigenvalue weighted by Gasteiger charge is -2.51. The van der Waals surface area contributed by atoms with E-state index in [0.29, 0.717) is 18.4 Å². The molecule has 3 aliphatic carbocycles. The van der Waals surface area contributed by atoms with E-state index in [-0.39, 0.29) is 17.9 Å². The van der Waals surface area contributed by atoms with E-state index >= 15 is 0 Å². The highest BCUT2D eigenvalue weighted by molar-refractivity contribution is 5.89. The van der Waals surface area contributed by atoms with E-state index in [9.17, 15) is 9.59 Å². The molecular formula is C23H36N2O2. The molecule has 3 saturated carbocycles. The summed E-state index contributed by atoms with van der Waals surface area (Å²) in [7, 11) is 0. The fraction of sp³-hybridized carbons (Fsp3) is 0.913. The van der Waals surface area contributed by atoms with Crippen LogP contribution in [-0.4, -0.2) is 46.8 Å². The van der Waals surface area contributed by atoms with Gasteiger partial charge in [0.25, 0.3) is 0 Å². The highest BCUT2D eigenvalue weighted by Crippen LogP contribution is 2.51. The Kier molecular flexibility index (Phi) is 4.94. The molecule has 0 spiro atoms. The molecule has 2 bridgehead atoms. The van der Waals surface area contributed by atoms with Crippen molar-refractivity contribution >= 4 is 11.8 Å². The summed E-state index contributed by atoms with van der Waals surface area (Å²) in [5.74, 6) is 3.82. The van der Waals surface area contributed by atoms with E-state index in [4.69, 9.17) is 0 Å². The molecular weight excluding hydrogens is 336 g/mol. The molecule has 2 amide bonds. The van der Waals surface area contributed by atoms with Crippen LogP contribution in [0.2, 0.25) is 0 Å². The van der Waals surface area contributed by atoms with E-state index in [1.807, 2.05) is 4.90 Å². The van der Waals surface area contributed by atoms with E-state index in [1.54, 1.807) is 0 Å². The van der Waals surface area contributed by atoms with Gasteiger partial charge >= 0.3 is 0 Å². The summed E-state index contributed by atoms with van der Waals surface area (Å²) in [6.07, 6.45) is 15.4. The van der Waals surface area contributed by atoms with Crippen molar-refractivity contribution in [3.63, 3.8) is 0 Å². The van der Waals surface area contributed by atoms with Gasteiger partial charge in [-0.15, -0.1) is 0 Å². The minimum atomic E-state index is -0.134. The topological polar surface area (TPSA) is 40.6 Å². The molecule has 0 radical (unpaired) electrons. The summed E-state index contributed by atoms with van der Waals surface area (Å²) in [5.41, 5.74) is 0. The Morgan fingerprint density at radius 1 is 0.852 bits per heavy atom. The number of rotatable bonds is 7. The van der Waals surface area contributed by atoms with Crippen LogP contribution >= 0.6 is 0 Å². The maximum atomic E-state index is 13.2. The van der Waals surface area contributed by atoms with E-state index in [0.717, 1.165) is 75.8 Å². The molecule has 4 heteroatoms. The number of nitrogens with zero attached hydrogens (tertiary/aromatic N) is 2. The van der Waals surface area contributed by atoms with Crippen LogP contribution in [0.25, 0.3) is 0 Å². The van der Waals surface area contributed by atoms with Gasteiger partial charge in [-0.2, -0.15) is 0 Å². The molecule has 6 fully saturated rings. The van der Waals surface area contributed by atoms with Crippen molar-refractivity contribution in [2.45, 2.75) is 95.6 Å². The summed E-state index contributed by atoms with van der Waals surface area (Å²) < 4.78 is 0. The first-order valence-electron chi connectivity index (χ1n) is 11.8. The third-order valence-electron chi connectivity index (χ3n) is 8.22. The third-order valence-corrected chi connectivity index (χ3v) is 8.22. The first kappa shape index (κ1) is 18.0. The number of hydrogen-bond donors (Lipinski definition) is 0. The van der Waals surface area contributed by atoms with Gasteiger partial charge in [0, 0.05) is 25.6 Å². The average molecular weight is 373 g/mol. The Bertz CT molecular complexity index is 557. The molecule has 6 aliphatic rings. The van der Waals surface area contributed by atoms with Gasteiger partial charge in [0.2, 0.25) is 11.8 Å². The number of piperidine rings is 2. The molecule has 0 aromatic rings. The second kappa shape index (κ2) is 7.40. The van der Waals surface area contributed by atoms with E-state index in [2.05, 4.69) is 4.90 Å². The maximum absolute atomic E-state index is 13.2.